The van der Waals surface area contributed by atoms with Gasteiger partial charge < -0.3 is 9.47 Å². The standard InChI is InChI=1S/C15H26O2/c1-13(2)15-8-6-14(7-9-15)5-4-10-17-12-11-16-3/h6-9,13-15H,4-5,10-12H2,1-3H3. The number of ether oxygens (including phenoxy) is 2. The van der Waals surface area contributed by atoms with Crippen LogP contribution in [0, 0.1) is 17.8 Å². The van der Waals surface area contributed by atoms with Crippen molar-refractivity contribution in [2.24, 2.45) is 17.8 Å². The predicted molar refractivity (Wildman–Crippen MR) is 72.0 cm³/mol. The van der Waals surface area contributed by atoms with Gasteiger partial charge in [0.1, 0.15) is 0 Å². The fourth-order valence-corrected chi connectivity index (χ4v) is 1.97. The number of rotatable bonds is 8. The lowest BCUT2D eigenvalue weighted by Gasteiger charge is -2.19. The van der Waals surface area contributed by atoms with Crippen molar-refractivity contribution in [1.82, 2.24) is 0 Å². The average Bonchev–Trinajstić information content (AvgIpc) is 2.34. The second kappa shape index (κ2) is 8.48. The van der Waals surface area contributed by atoms with E-state index in [9.17, 15) is 0 Å². The van der Waals surface area contributed by atoms with E-state index in [0.29, 0.717) is 31.0 Å². The lowest BCUT2D eigenvalue weighted by molar-refractivity contribution is 0.0682. The van der Waals surface area contributed by atoms with Crippen molar-refractivity contribution in [3.63, 3.8) is 0 Å². The van der Waals surface area contributed by atoms with Gasteiger partial charge in [-0.15, -0.1) is 0 Å². The summed E-state index contributed by atoms with van der Waals surface area (Å²) in [7, 11) is 1.70. The van der Waals surface area contributed by atoms with Crippen molar-refractivity contribution in [3.8, 4) is 0 Å². The summed E-state index contributed by atoms with van der Waals surface area (Å²) in [6.45, 7) is 6.78. The molecule has 0 radical (unpaired) electrons. The molecule has 2 nitrogen and oxygen atoms in total. The quantitative estimate of drug-likeness (QED) is 0.476. The van der Waals surface area contributed by atoms with Crippen LogP contribution in [0.1, 0.15) is 26.7 Å². The molecule has 0 fully saturated rings. The van der Waals surface area contributed by atoms with Gasteiger partial charge in [-0.3, -0.25) is 0 Å². The van der Waals surface area contributed by atoms with E-state index in [0.717, 1.165) is 13.0 Å². The highest BCUT2D eigenvalue weighted by Crippen LogP contribution is 2.23. The Labute approximate surface area is 106 Å². The molecule has 0 aromatic rings. The van der Waals surface area contributed by atoms with E-state index in [4.69, 9.17) is 9.47 Å². The maximum Gasteiger partial charge on any atom is 0.0700 e. The molecule has 1 rings (SSSR count). The second-order valence-electron chi connectivity index (χ2n) is 5.00. The lowest BCUT2D eigenvalue weighted by atomic mass is 9.87. The van der Waals surface area contributed by atoms with E-state index in [2.05, 4.69) is 38.2 Å². The Kier molecular flexibility index (Phi) is 7.22. The minimum absolute atomic E-state index is 0.607. The summed E-state index contributed by atoms with van der Waals surface area (Å²) in [5.74, 6) is 1.95. The Balaban J connectivity index is 2.06. The highest BCUT2D eigenvalue weighted by Gasteiger charge is 2.11. The maximum absolute atomic E-state index is 5.45. The SMILES string of the molecule is COCCOCCCC1C=CC(C(C)C)C=C1. The van der Waals surface area contributed by atoms with Gasteiger partial charge in [-0.2, -0.15) is 0 Å². The van der Waals surface area contributed by atoms with Gasteiger partial charge in [-0.1, -0.05) is 38.2 Å². The minimum Gasteiger partial charge on any atom is -0.382 e. The molecule has 0 unspecified atom stereocenters. The second-order valence-corrected chi connectivity index (χ2v) is 5.00. The van der Waals surface area contributed by atoms with Crippen molar-refractivity contribution >= 4 is 0 Å². The zero-order valence-electron chi connectivity index (χ0n) is 11.4. The minimum atomic E-state index is 0.607. The Morgan fingerprint density at radius 2 is 1.71 bits per heavy atom. The van der Waals surface area contributed by atoms with Crippen LogP contribution in [-0.4, -0.2) is 26.9 Å². The van der Waals surface area contributed by atoms with Crippen LogP contribution in [0.3, 0.4) is 0 Å². The van der Waals surface area contributed by atoms with Crippen LogP contribution in [-0.2, 0) is 9.47 Å². The van der Waals surface area contributed by atoms with Gasteiger partial charge in [0.15, 0.2) is 0 Å². The molecule has 0 bridgehead atoms. The van der Waals surface area contributed by atoms with Crippen LogP contribution in [0.15, 0.2) is 24.3 Å². The van der Waals surface area contributed by atoms with Crippen molar-refractivity contribution in [1.29, 1.82) is 0 Å². The molecule has 0 N–H and O–H groups in total. The van der Waals surface area contributed by atoms with Crippen molar-refractivity contribution in [2.75, 3.05) is 26.9 Å². The first kappa shape index (κ1) is 14.5. The van der Waals surface area contributed by atoms with Crippen LogP contribution < -0.4 is 0 Å². The molecule has 0 aliphatic heterocycles. The third-order valence-electron chi connectivity index (χ3n) is 3.19. The van der Waals surface area contributed by atoms with Crippen molar-refractivity contribution < 1.29 is 9.47 Å². The van der Waals surface area contributed by atoms with Crippen LogP contribution >= 0.6 is 0 Å². The summed E-state index contributed by atoms with van der Waals surface area (Å²) < 4.78 is 10.4. The summed E-state index contributed by atoms with van der Waals surface area (Å²) in [6.07, 6.45) is 11.7. The van der Waals surface area contributed by atoms with Crippen LogP contribution in [0.25, 0.3) is 0 Å². The predicted octanol–water partition coefficient (Wildman–Crippen LogP) is 3.44. The largest absolute Gasteiger partial charge is 0.382 e. The molecule has 1 aliphatic rings. The third-order valence-corrected chi connectivity index (χ3v) is 3.19. The Bertz CT molecular complexity index is 229. The molecular formula is C15H26O2. The van der Waals surface area contributed by atoms with E-state index in [1.807, 2.05) is 0 Å². The van der Waals surface area contributed by atoms with Gasteiger partial charge in [0.05, 0.1) is 13.2 Å². The number of methoxy groups -OCH3 is 1. The van der Waals surface area contributed by atoms with Crippen molar-refractivity contribution in [3.05, 3.63) is 24.3 Å². The van der Waals surface area contributed by atoms with Gasteiger partial charge in [0.25, 0.3) is 0 Å². The Morgan fingerprint density at radius 1 is 1.00 bits per heavy atom. The first-order chi connectivity index (χ1) is 8.24. The molecular weight excluding hydrogens is 212 g/mol. The fourth-order valence-electron chi connectivity index (χ4n) is 1.97. The van der Waals surface area contributed by atoms with Crippen LogP contribution in [0.4, 0.5) is 0 Å². The first-order valence-corrected chi connectivity index (χ1v) is 6.67. The number of hydrogen-bond acceptors (Lipinski definition) is 2. The van der Waals surface area contributed by atoms with E-state index in [1.165, 1.54) is 6.42 Å². The van der Waals surface area contributed by atoms with E-state index in [1.54, 1.807) is 7.11 Å². The highest BCUT2D eigenvalue weighted by molar-refractivity contribution is 5.13. The molecule has 0 amide bonds. The van der Waals surface area contributed by atoms with Gasteiger partial charge in [0.2, 0.25) is 0 Å². The summed E-state index contributed by atoms with van der Waals surface area (Å²) in [4.78, 5) is 0. The zero-order valence-corrected chi connectivity index (χ0v) is 11.4. The van der Waals surface area contributed by atoms with Gasteiger partial charge >= 0.3 is 0 Å². The monoisotopic (exact) mass is 238 g/mol. The Hall–Kier alpha value is -0.600. The molecule has 0 saturated heterocycles. The zero-order chi connectivity index (χ0) is 12.5. The lowest BCUT2D eigenvalue weighted by Crippen LogP contribution is -2.09. The molecule has 17 heavy (non-hydrogen) atoms. The molecule has 1 aliphatic carbocycles. The first-order valence-electron chi connectivity index (χ1n) is 6.67. The molecule has 0 saturated carbocycles. The molecule has 0 spiro atoms. The molecule has 2 heteroatoms. The number of allylic oxidation sites excluding steroid dienone is 4. The van der Waals surface area contributed by atoms with Gasteiger partial charge in [-0.05, 0) is 30.6 Å². The van der Waals surface area contributed by atoms with Gasteiger partial charge in [0, 0.05) is 13.7 Å². The summed E-state index contributed by atoms with van der Waals surface area (Å²) in [5.41, 5.74) is 0. The summed E-state index contributed by atoms with van der Waals surface area (Å²) in [5, 5.41) is 0. The maximum atomic E-state index is 5.45. The summed E-state index contributed by atoms with van der Waals surface area (Å²) >= 11 is 0. The van der Waals surface area contributed by atoms with Gasteiger partial charge in [-0.25, -0.2) is 0 Å². The Morgan fingerprint density at radius 3 is 2.29 bits per heavy atom. The topological polar surface area (TPSA) is 18.5 Å². The average molecular weight is 238 g/mol. The molecule has 98 valence electrons. The highest BCUT2D eigenvalue weighted by atomic mass is 16.5. The van der Waals surface area contributed by atoms with Crippen LogP contribution in [0.5, 0.6) is 0 Å². The molecule has 0 atom stereocenters. The van der Waals surface area contributed by atoms with Crippen molar-refractivity contribution in [2.45, 2.75) is 26.7 Å². The molecule has 0 aromatic carbocycles. The fraction of sp³-hybridized carbons (Fsp3) is 0.733. The van der Waals surface area contributed by atoms with E-state index in [-0.39, 0.29) is 0 Å². The normalized spacial score (nSPS) is 23.5. The summed E-state index contributed by atoms with van der Waals surface area (Å²) in [6, 6.07) is 0. The molecule has 0 aromatic heterocycles. The van der Waals surface area contributed by atoms with E-state index < -0.39 is 0 Å². The smallest absolute Gasteiger partial charge is 0.0700 e. The molecule has 0 heterocycles. The number of hydrogen-bond donors (Lipinski definition) is 0. The third kappa shape index (κ3) is 6.04. The van der Waals surface area contributed by atoms with Crippen LogP contribution in [0.2, 0.25) is 0 Å². The van der Waals surface area contributed by atoms with E-state index >= 15 is 0 Å².